The van der Waals surface area contributed by atoms with E-state index >= 15 is 0 Å². The van der Waals surface area contributed by atoms with Crippen molar-refractivity contribution < 1.29 is 8.83 Å². The van der Waals surface area contributed by atoms with Crippen molar-refractivity contribution >= 4 is 123 Å². The fraction of sp³-hybridized carbons (Fsp3) is 0.0286. The molecule has 78 heavy (non-hydrogen) atoms. The van der Waals surface area contributed by atoms with Crippen LogP contribution in [0.3, 0.4) is 0 Å². The molecule has 0 N–H and O–H groups in total. The van der Waals surface area contributed by atoms with Gasteiger partial charge in [0, 0.05) is 74.4 Å². The average molecular weight is 1070 g/mol. The van der Waals surface area contributed by atoms with Gasteiger partial charge < -0.3 is 18.6 Å². The van der Waals surface area contributed by atoms with Gasteiger partial charge in [0.25, 0.3) is 0 Å². The van der Waals surface area contributed by atoms with Crippen LogP contribution in [0.2, 0.25) is 0 Å². The van der Waals surface area contributed by atoms with Crippen molar-refractivity contribution in [3.8, 4) is 0 Å². The van der Waals surface area contributed by atoms with Crippen LogP contribution in [-0.2, 0) is 10.8 Å². The Morgan fingerprint density at radius 2 is 0.603 bits per heavy atom. The fourth-order valence-electron chi connectivity index (χ4n) is 13.1. The predicted molar refractivity (Wildman–Crippen MR) is 325 cm³/mol. The van der Waals surface area contributed by atoms with Gasteiger partial charge in [0.05, 0.1) is 22.2 Å². The van der Waals surface area contributed by atoms with Crippen LogP contribution in [0.15, 0.2) is 283 Å². The van der Waals surface area contributed by atoms with Gasteiger partial charge >= 0.3 is 0 Å². The van der Waals surface area contributed by atoms with E-state index in [0.717, 1.165) is 76.6 Å². The topological polar surface area (TPSA) is 32.8 Å². The normalized spacial score (nSPS) is 14.3. The minimum atomic E-state index is -0.739. The first kappa shape index (κ1) is 44.6. The summed E-state index contributed by atoms with van der Waals surface area (Å²) in [6.07, 6.45) is 0. The van der Waals surface area contributed by atoms with Crippen LogP contribution in [0.1, 0.15) is 43.1 Å². The minimum Gasteiger partial charge on any atom is -0.456 e. The second kappa shape index (κ2) is 17.0. The number of thiophene rings is 2. The van der Waals surface area contributed by atoms with E-state index in [2.05, 4.69) is 252 Å². The molecule has 0 unspecified atom stereocenters. The fourth-order valence-corrected chi connectivity index (χ4v) is 18.4. The largest absolute Gasteiger partial charge is 0.456 e. The quantitative estimate of drug-likeness (QED) is 0.165. The van der Waals surface area contributed by atoms with Crippen molar-refractivity contribution in [1.29, 1.82) is 0 Å². The lowest BCUT2D eigenvalue weighted by atomic mass is 9.55. The van der Waals surface area contributed by atoms with E-state index in [1.165, 1.54) is 62.7 Å². The van der Waals surface area contributed by atoms with Gasteiger partial charge in [-0.15, -0.1) is 22.7 Å². The highest BCUT2D eigenvalue weighted by Gasteiger charge is 2.60. The molecule has 3 aliphatic rings. The molecule has 2 spiro atoms. The third-order valence-corrected chi connectivity index (χ3v) is 21.0. The van der Waals surface area contributed by atoms with Gasteiger partial charge in [-0.25, -0.2) is 0 Å². The maximum atomic E-state index is 6.66. The second-order valence-electron chi connectivity index (χ2n) is 20.2. The third kappa shape index (κ3) is 6.20. The molecular formula is C70H42N2O2S4. The van der Waals surface area contributed by atoms with E-state index < -0.39 is 10.8 Å². The predicted octanol–water partition coefficient (Wildman–Crippen LogP) is 20.6. The lowest BCUT2D eigenvalue weighted by molar-refractivity contribution is 0.609. The molecule has 6 heterocycles. The lowest BCUT2D eigenvalue weighted by Crippen LogP contribution is -2.45. The Labute approximate surface area is 466 Å². The first-order chi connectivity index (χ1) is 38.6. The number of rotatable bonds is 6. The van der Waals surface area contributed by atoms with Gasteiger partial charge in [-0.05, 0) is 130 Å². The molecule has 8 heteroatoms. The van der Waals surface area contributed by atoms with E-state index in [1.807, 2.05) is 58.3 Å². The molecule has 0 saturated heterocycles. The smallest absolute Gasteiger partial charge is 0.137 e. The summed E-state index contributed by atoms with van der Waals surface area (Å²) in [5, 5.41) is 6.70. The number of fused-ring (bicyclic) bond motifs is 20. The molecule has 1 aliphatic carbocycles. The standard InChI is InChI=1S/C70H42N2O2S4/c1-3-19-43(20-4-1)71(45-35-37-49-47-23-7-13-29-57(47)73-59(49)39-45)65-41-55-67(77-65)70(53-27-11-17-33-63(53)76-64-34-18-12-28-54(64)70)56-42-66(78-68(56)69(55)51-25-9-15-31-61(51)75-62-32-16-10-26-52(62)69)72(44-21-5-2-6-22-44)46-36-38-50-48-24-8-14-30-58(48)74-60(50)40-46/h1-42H. The van der Waals surface area contributed by atoms with Gasteiger partial charge in [0.2, 0.25) is 0 Å². The maximum absolute atomic E-state index is 6.66. The van der Waals surface area contributed by atoms with Gasteiger partial charge in [-0.2, -0.15) is 0 Å². The van der Waals surface area contributed by atoms with Crippen molar-refractivity contribution in [1.82, 2.24) is 0 Å². The number of hydrogen-bond acceptors (Lipinski definition) is 8. The number of para-hydroxylation sites is 4. The summed E-state index contributed by atoms with van der Waals surface area (Å²) < 4.78 is 13.3. The Bertz CT molecular complexity index is 4300. The number of hydrogen-bond donors (Lipinski definition) is 0. The van der Waals surface area contributed by atoms with Crippen molar-refractivity contribution in [2.24, 2.45) is 0 Å². The highest BCUT2D eigenvalue weighted by atomic mass is 32.2. The van der Waals surface area contributed by atoms with E-state index in [0.29, 0.717) is 0 Å². The molecule has 4 aromatic heterocycles. The Balaban J connectivity index is 1.01. The summed E-state index contributed by atoms with van der Waals surface area (Å²) in [5.74, 6) is 0. The van der Waals surface area contributed by atoms with Crippen LogP contribution in [-0.4, -0.2) is 0 Å². The average Bonchev–Trinajstić information content (AvgIpc) is 2.28. The zero-order valence-corrected chi connectivity index (χ0v) is 44.9. The Morgan fingerprint density at radius 3 is 1.00 bits per heavy atom. The minimum absolute atomic E-state index is 0.739. The molecule has 0 amide bonds. The summed E-state index contributed by atoms with van der Waals surface area (Å²) in [6.45, 7) is 0. The maximum Gasteiger partial charge on any atom is 0.137 e. The van der Waals surface area contributed by atoms with Crippen molar-refractivity contribution in [2.45, 2.75) is 30.4 Å². The number of nitrogens with zero attached hydrogens (tertiary/aromatic N) is 2. The molecule has 17 rings (SSSR count). The lowest BCUT2D eigenvalue weighted by Gasteiger charge is -2.51. The highest BCUT2D eigenvalue weighted by Crippen LogP contribution is 2.71. The van der Waals surface area contributed by atoms with Crippen LogP contribution >= 0.6 is 46.2 Å². The number of anilines is 6. The van der Waals surface area contributed by atoms with Gasteiger partial charge in [0.15, 0.2) is 0 Å². The summed E-state index contributed by atoms with van der Waals surface area (Å²) in [5.41, 5.74) is 14.0. The van der Waals surface area contributed by atoms with E-state index in [4.69, 9.17) is 8.83 Å². The van der Waals surface area contributed by atoms with Crippen LogP contribution in [0.4, 0.5) is 32.8 Å². The number of furan rings is 2. The summed E-state index contributed by atoms with van der Waals surface area (Å²) in [7, 11) is 0. The molecule has 0 radical (unpaired) electrons. The molecule has 368 valence electrons. The Hall–Kier alpha value is -8.50. The zero-order valence-electron chi connectivity index (χ0n) is 41.6. The van der Waals surface area contributed by atoms with Crippen LogP contribution in [0, 0.1) is 0 Å². The molecule has 0 fully saturated rings. The molecule has 0 bridgehead atoms. The first-order valence-electron chi connectivity index (χ1n) is 26.2. The molecule has 10 aromatic carbocycles. The third-order valence-electron chi connectivity index (χ3n) is 16.2. The first-order valence-corrected chi connectivity index (χ1v) is 29.5. The SMILES string of the molecule is c1ccc(N(c2ccc3c(c2)oc2ccccc23)c2cc3c(s2)C2(c4ccccc4Sc4ccccc42)c2cc(N(c4ccccc4)c4ccc5c(c4)oc4ccccc45)sc2C32c3ccccc3Sc3ccccc32)cc1. The molecule has 0 atom stereocenters. The molecular weight excluding hydrogens is 1030 g/mol. The monoisotopic (exact) mass is 1070 g/mol. The summed E-state index contributed by atoms with van der Waals surface area (Å²) >= 11 is 7.63. The molecule has 0 saturated carbocycles. The Kier molecular flexibility index (Phi) is 9.72. The van der Waals surface area contributed by atoms with Gasteiger partial charge in [0.1, 0.15) is 32.3 Å². The van der Waals surface area contributed by atoms with Crippen molar-refractivity contribution in [3.05, 3.63) is 298 Å². The molecule has 4 nitrogen and oxygen atoms in total. The van der Waals surface area contributed by atoms with E-state index in [1.54, 1.807) is 0 Å². The van der Waals surface area contributed by atoms with E-state index in [-0.39, 0.29) is 0 Å². The van der Waals surface area contributed by atoms with Crippen LogP contribution < -0.4 is 9.80 Å². The van der Waals surface area contributed by atoms with Gasteiger partial charge in [-0.1, -0.05) is 169 Å². The molecule has 2 aliphatic heterocycles. The highest BCUT2D eigenvalue weighted by molar-refractivity contribution is 7.99. The van der Waals surface area contributed by atoms with Crippen molar-refractivity contribution in [3.63, 3.8) is 0 Å². The van der Waals surface area contributed by atoms with Crippen LogP contribution in [0.5, 0.6) is 0 Å². The second-order valence-corrected chi connectivity index (χ2v) is 24.5. The summed E-state index contributed by atoms with van der Waals surface area (Å²) in [4.78, 5) is 12.6. The molecule has 14 aromatic rings. The van der Waals surface area contributed by atoms with Crippen LogP contribution in [0.25, 0.3) is 43.9 Å². The number of benzene rings is 10. The van der Waals surface area contributed by atoms with Gasteiger partial charge in [-0.3, -0.25) is 0 Å². The van der Waals surface area contributed by atoms with Crippen molar-refractivity contribution in [2.75, 3.05) is 9.80 Å². The van der Waals surface area contributed by atoms with E-state index in [9.17, 15) is 0 Å². The zero-order chi connectivity index (χ0) is 51.1. The summed E-state index contributed by atoms with van der Waals surface area (Å²) in [6, 6.07) is 93.9. The Morgan fingerprint density at radius 1 is 0.269 bits per heavy atom.